The molecule has 23 heavy (non-hydrogen) atoms. The van der Waals surface area contributed by atoms with Crippen molar-refractivity contribution >= 4 is 28.9 Å². The summed E-state index contributed by atoms with van der Waals surface area (Å²) in [7, 11) is 0. The van der Waals surface area contributed by atoms with Crippen molar-refractivity contribution in [3.05, 3.63) is 0 Å². The Bertz CT molecular complexity index is 483. The van der Waals surface area contributed by atoms with E-state index in [0.717, 1.165) is 6.42 Å². The molecule has 130 valence electrons. The van der Waals surface area contributed by atoms with Gasteiger partial charge in [-0.1, -0.05) is 11.8 Å². The largest absolute Gasteiger partial charge is 0.444 e. The zero-order valence-corrected chi connectivity index (χ0v) is 15.1. The zero-order valence-electron chi connectivity index (χ0n) is 14.3. The van der Waals surface area contributed by atoms with E-state index in [2.05, 4.69) is 0 Å². The van der Waals surface area contributed by atoms with Crippen LogP contribution in [0.1, 0.15) is 40.5 Å². The van der Waals surface area contributed by atoms with Crippen molar-refractivity contribution in [1.82, 2.24) is 9.80 Å². The van der Waals surface area contributed by atoms with E-state index in [1.807, 2.05) is 25.7 Å². The zero-order chi connectivity index (χ0) is 17.2. The summed E-state index contributed by atoms with van der Waals surface area (Å²) in [4.78, 5) is 38.4. The number of carbonyl (C=O) groups excluding carboxylic acids is 3. The highest BCUT2D eigenvalue weighted by atomic mass is 32.2. The average molecular weight is 342 g/mol. The third-order valence-corrected chi connectivity index (χ3v) is 4.91. The van der Waals surface area contributed by atoms with Gasteiger partial charge in [0.2, 0.25) is 5.91 Å². The molecule has 2 fully saturated rings. The van der Waals surface area contributed by atoms with Gasteiger partial charge in [-0.25, -0.2) is 4.79 Å². The van der Waals surface area contributed by atoms with Gasteiger partial charge in [0, 0.05) is 44.8 Å². The summed E-state index contributed by atoms with van der Waals surface area (Å²) >= 11 is 1.26. The maximum Gasteiger partial charge on any atom is 0.410 e. The monoisotopic (exact) mass is 342 g/mol. The fourth-order valence-corrected chi connectivity index (χ4v) is 3.78. The molecule has 2 rings (SSSR count). The molecule has 0 aliphatic carbocycles. The molecule has 2 heterocycles. The molecule has 2 aliphatic rings. The van der Waals surface area contributed by atoms with Gasteiger partial charge in [0.05, 0.1) is 0 Å². The van der Waals surface area contributed by atoms with Crippen LogP contribution in [-0.4, -0.2) is 63.9 Å². The number of rotatable bonds is 4. The predicted molar refractivity (Wildman–Crippen MR) is 89.2 cm³/mol. The van der Waals surface area contributed by atoms with Gasteiger partial charge in [0.25, 0.3) is 0 Å². The summed E-state index contributed by atoms with van der Waals surface area (Å²) in [5, 5.41) is 0.163. The number of hydrogen-bond acceptors (Lipinski definition) is 5. The lowest BCUT2D eigenvalue weighted by atomic mass is 9.97. The highest BCUT2D eigenvalue weighted by Gasteiger charge is 2.35. The summed E-state index contributed by atoms with van der Waals surface area (Å²) < 4.78 is 5.32. The van der Waals surface area contributed by atoms with E-state index >= 15 is 0 Å². The Morgan fingerprint density at radius 3 is 2.48 bits per heavy atom. The van der Waals surface area contributed by atoms with Gasteiger partial charge in [-0.05, 0) is 33.1 Å². The number of amides is 2. The minimum Gasteiger partial charge on any atom is -0.444 e. The molecule has 0 aromatic carbocycles. The molecule has 0 aromatic rings. The van der Waals surface area contributed by atoms with Gasteiger partial charge < -0.3 is 14.5 Å². The van der Waals surface area contributed by atoms with Gasteiger partial charge in [0.1, 0.15) is 5.60 Å². The first kappa shape index (κ1) is 18.1. The quantitative estimate of drug-likeness (QED) is 0.783. The second-order valence-electron chi connectivity index (χ2n) is 7.32. The molecule has 7 heteroatoms. The Balaban J connectivity index is 1.66. The summed E-state index contributed by atoms with van der Waals surface area (Å²) in [6.07, 6.45) is 1.09. The Kier molecular flexibility index (Phi) is 5.60. The molecule has 2 aliphatic heterocycles. The summed E-state index contributed by atoms with van der Waals surface area (Å²) in [5.41, 5.74) is -0.465. The van der Waals surface area contributed by atoms with Gasteiger partial charge in [-0.3, -0.25) is 9.59 Å². The number of ether oxygens (including phenoxy) is 1. The summed E-state index contributed by atoms with van der Waals surface area (Å²) in [6.45, 7) is 9.87. The van der Waals surface area contributed by atoms with Crippen molar-refractivity contribution in [3.8, 4) is 0 Å². The van der Waals surface area contributed by atoms with E-state index in [0.29, 0.717) is 38.5 Å². The minimum atomic E-state index is -0.465. The van der Waals surface area contributed by atoms with E-state index in [1.165, 1.54) is 18.7 Å². The van der Waals surface area contributed by atoms with Crippen molar-refractivity contribution in [2.45, 2.75) is 51.4 Å². The number of thioether (sulfide) groups is 1. The fraction of sp³-hybridized carbons (Fsp3) is 0.812. The second kappa shape index (κ2) is 7.11. The van der Waals surface area contributed by atoms with Gasteiger partial charge >= 0.3 is 6.09 Å². The van der Waals surface area contributed by atoms with Crippen LogP contribution in [0.5, 0.6) is 0 Å². The smallest absolute Gasteiger partial charge is 0.410 e. The first-order valence-corrected chi connectivity index (χ1v) is 8.95. The molecule has 0 aromatic heterocycles. The standard InChI is InChI=1S/C16H26N2O4S/c1-11(19)23-13-7-14(20)17(10-13)6-5-12-8-18(9-12)15(21)22-16(2,3)4/h12-13H,5-10H2,1-4H3. The lowest BCUT2D eigenvalue weighted by molar-refractivity contribution is -0.128. The van der Waals surface area contributed by atoms with E-state index in [1.54, 1.807) is 4.90 Å². The van der Waals surface area contributed by atoms with Crippen molar-refractivity contribution in [3.63, 3.8) is 0 Å². The lowest BCUT2D eigenvalue weighted by Crippen LogP contribution is -2.52. The lowest BCUT2D eigenvalue weighted by Gasteiger charge is -2.40. The van der Waals surface area contributed by atoms with Crippen LogP contribution in [0.3, 0.4) is 0 Å². The molecule has 0 N–H and O–H groups in total. The molecule has 6 nitrogen and oxygen atoms in total. The third kappa shape index (κ3) is 5.41. The first-order chi connectivity index (χ1) is 10.6. The SMILES string of the molecule is CC(=O)SC1CC(=O)N(CCC2CN(C(=O)OC(C)(C)C)C2)C1. The first-order valence-electron chi connectivity index (χ1n) is 8.07. The normalized spacial score (nSPS) is 22.3. The molecule has 0 spiro atoms. The minimum absolute atomic E-state index is 0.0663. The highest BCUT2D eigenvalue weighted by Crippen LogP contribution is 2.26. The Morgan fingerprint density at radius 2 is 1.91 bits per heavy atom. The van der Waals surface area contributed by atoms with Crippen LogP contribution < -0.4 is 0 Å². The van der Waals surface area contributed by atoms with Crippen LogP contribution in [0.4, 0.5) is 4.79 Å². The highest BCUT2D eigenvalue weighted by molar-refractivity contribution is 8.14. The van der Waals surface area contributed by atoms with Gasteiger partial charge in [0.15, 0.2) is 5.12 Å². The fourth-order valence-electron chi connectivity index (χ4n) is 2.83. The molecule has 0 saturated carbocycles. The van der Waals surface area contributed by atoms with Gasteiger partial charge in [-0.2, -0.15) is 0 Å². The molecular formula is C16H26N2O4S. The molecule has 2 saturated heterocycles. The Hall–Kier alpha value is -1.24. The average Bonchev–Trinajstić information content (AvgIpc) is 2.64. The number of likely N-dealkylation sites (tertiary alicyclic amines) is 2. The number of nitrogens with zero attached hydrogens (tertiary/aromatic N) is 2. The van der Waals surface area contributed by atoms with Crippen molar-refractivity contribution in [2.75, 3.05) is 26.2 Å². The third-order valence-electron chi connectivity index (χ3n) is 3.93. The van der Waals surface area contributed by atoms with E-state index < -0.39 is 5.60 Å². The van der Waals surface area contributed by atoms with Crippen LogP contribution in [0, 0.1) is 5.92 Å². The van der Waals surface area contributed by atoms with Crippen LogP contribution in [0.2, 0.25) is 0 Å². The topological polar surface area (TPSA) is 66.9 Å². The molecule has 1 unspecified atom stereocenters. The maximum absolute atomic E-state index is 11.9. The molecule has 2 amide bonds. The second-order valence-corrected chi connectivity index (χ2v) is 8.79. The van der Waals surface area contributed by atoms with E-state index in [4.69, 9.17) is 4.74 Å². The van der Waals surface area contributed by atoms with E-state index in [-0.39, 0.29) is 22.4 Å². The predicted octanol–water partition coefficient (Wildman–Crippen LogP) is 2.12. The van der Waals surface area contributed by atoms with Crippen LogP contribution in [0.25, 0.3) is 0 Å². The molecule has 0 radical (unpaired) electrons. The van der Waals surface area contributed by atoms with Crippen molar-refractivity contribution in [1.29, 1.82) is 0 Å². The van der Waals surface area contributed by atoms with Crippen molar-refractivity contribution in [2.24, 2.45) is 5.92 Å². The number of hydrogen-bond donors (Lipinski definition) is 0. The number of carbonyl (C=O) groups is 3. The van der Waals surface area contributed by atoms with E-state index in [9.17, 15) is 14.4 Å². The Labute approximate surface area is 141 Å². The summed E-state index contributed by atoms with van der Waals surface area (Å²) in [6, 6.07) is 0. The molecule has 0 bridgehead atoms. The summed E-state index contributed by atoms with van der Waals surface area (Å²) in [5.74, 6) is 0.557. The molecular weight excluding hydrogens is 316 g/mol. The maximum atomic E-state index is 11.9. The van der Waals surface area contributed by atoms with Crippen LogP contribution >= 0.6 is 11.8 Å². The van der Waals surface area contributed by atoms with Crippen LogP contribution in [0.15, 0.2) is 0 Å². The Morgan fingerprint density at radius 1 is 1.26 bits per heavy atom. The van der Waals surface area contributed by atoms with Crippen molar-refractivity contribution < 1.29 is 19.1 Å². The van der Waals surface area contributed by atoms with Crippen LogP contribution in [-0.2, 0) is 14.3 Å². The molecule has 1 atom stereocenters. The van der Waals surface area contributed by atoms with Gasteiger partial charge in [-0.15, -0.1) is 0 Å².